The van der Waals surface area contributed by atoms with Crippen molar-refractivity contribution in [3.63, 3.8) is 0 Å². The van der Waals surface area contributed by atoms with Crippen LogP contribution in [0, 0.1) is 10.1 Å². The van der Waals surface area contributed by atoms with Crippen LogP contribution in [0.15, 0.2) is 18.2 Å². The Labute approximate surface area is 79.1 Å². The van der Waals surface area contributed by atoms with E-state index in [2.05, 4.69) is 0 Å². The standard InChI is InChI=1S/C8H8N2O4/c9-8(12)4-5-1-2-7(11)6(3-5)10(13)14/h1-3,11H,4H2,(H2,9,12). The summed E-state index contributed by atoms with van der Waals surface area (Å²) in [6.07, 6.45) is -0.0822. The van der Waals surface area contributed by atoms with Crippen molar-refractivity contribution in [1.82, 2.24) is 0 Å². The summed E-state index contributed by atoms with van der Waals surface area (Å²) in [5.41, 5.74) is 4.89. The first-order chi connectivity index (χ1) is 6.50. The Balaban J connectivity index is 3.06. The predicted octanol–water partition coefficient (Wildman–Crippen LogP) is 0.328. The van der Waals surface area contributed by atoms with Crippen LogP contribution >= 0.6 is 0 Å². The van der Waals surface area contributed by atoms with Crippen LogP contribution in [0.5, 0.6) is 5.75 Å². The summed E-state index contributed by atoms with van der Waals surface area (Å²) in [6, 6.07) is 3.70. The van der Waals surface area contributed by atoms with Crippen molar-refractivity contribution in [2.45, 2.75) is 6.42 Å². The molecule has 0 aliphatic carbocycles. The van der Waals surface area contributed by atoms with E-state index in [1.807, 2.05) is 0 Å². The largest absolute Gasteiger partial charge is 0.502 e. The Hall–Kier alpha value is -2.11. The molecule has 0 atom stereocenters. The molecule has 14 heavy (non-hydrogen) atoms. The fourth-order valence-corrected chi connectivity index (χ4v) is 1.03. The van der Waals surface area contributed by atoms with E-state index in [0.717, 1.165) is 12.1 Å². The Morgan fingerprint density at radius 1 is 1.57 bits per heavy atom. The van der Waals surface area contributed by atoms with Crippen molar-refractivity contribution in [2.75, 3.05) is 0 Å². The highest BCUT2D eigenvalue weighted by atomic mass is 16.6. The molecule has 0 heterocycles. The molecule has 1 aromatic carbocycles. The molecule has 0 radical (unpaired) electrons. The summed E-state index contributed by atoms with van der Waals surface area (Å²) in [7, 11) is 0. The van der Waals surface area contributed by atoms with E-state index in [9.17, 15) is 14.9 Å². The lowest BCUT2D eigenvalue weighted by Gasteiger charge is -1.99. The second kappa shape index (κ2) is 3.73. The van der Waals surface area contributed by atoms with Crippen LogP contribution in [0.1, 0.15) is 5.56 Å². The monoisotopic (exact) mass is 196 g/mol. The van der Waals surface area contributed by atoms with Crippen molar-refractivity contribution in [1.29, 1.82) is 0 Å². The number of nitrogens with zero attached hydrogens (tertiary/aromatic N) is 1. The van der Waals surface area contributed by atoms with Crippen LogP contribution in [0.4, 0.5) is 5.69 Å². The van der Waals surface area contributed by atoms with Crippen molar-refractivity contribution in [3.05, 3.63) is 33.9 Å². The maximum absolute atomic E-state index is 10.5. The normalized spacial score (nSPS) is 9.71. The molecule has 6 nitrogen and oxygen atoms in total. The number of primary amides is 1. The smallest absolute Gasteiger partial charge is 0.310 e. The topological polar surface area (TPSA) is 106 Å². The van der Waals surface area contributed by atoms with Crippen LogP contribution in [-0.4, -0.2) is 15.9 Å². The van der Waals surface area contributed by atoms with Crippen molar-refractivity contribution in [2.24, 2.45) is 5.73 Å². The molecule has 0 spiro atoms. The Morgan fingerprint density at radius 3 is 2.71 bits per heavy atom. The molecular weight excluding hydrogens is 188 g/mol. The SMILES string of the molecule is NC(=O)Cc1ccc(O)c([N+](=O)[O-])c1. The van der Waals surface area contributed by atoms with Crippen LogP contribution in [0.2, 0.25) is 0 Å². The quantitative estimate of drug-likeness (QED) is 0.536. The molecule has 0 bridgehead atoms. The zero-order valence-electron chi connectivity index (χ0n) is 7.14. The number of nitrogens with two attached hydrogens (primary N) is 1. The number of aromatic hydroxyl groups is 1. The first kappa shape index (κ1) is 9.97. The molecule has 0 saturated carbocycles. The van der Waals surface area contributed by atoms with Gasteiger partial charge in [-0.1, -0.05) is 6.07 Å². The molecule has 74 valence electrons. The fraction of sp³-hybridized carbons (Fsp3) is 0.125. The summed E-state index contributed by atoms with van der Waals surface area (Å²) >= 11 is 0. The van der Waals surface area contributed by atoms with Crippen LogP contribution in [0.3, 0.4) is 0 Å². The number of phenolic OH excluding ortho intramolecular Hbond substituents is 1. The number of benzene rings is 1. The lowest BCUT2D eigenvalue weighted by Crippen LogP contribution is -2.13. The van der Waals surface area contributed by atoms with E-state index in [0.29, 0.717) is 5.56 Å². The molecule has 1 rings (SSSR count). The van der Waals surface area contributed by atoms with Gasteiger partial charge in [-0.2, -0.15) is 0 Å². The minimum atomic E-state index is -0.722. The molecular formula is C8H8N2O4. The summed E-state index contributed by atoms with van der Waals surface area (Å²) in [5, 5.41) is 19.5. The molecule has 0 aromatic heterocycles. The minimum Gasteiger partial charge on any atom is -0.502 e. The third kappa shape index (κ3) is 2.19. The van der Waals surface area contributed by atoms with Gasteiger partial charge in [-0.15, -0.1) is 0 Å². The lowest BCUT2D eigenvalue weighted by atomic mass is 10.1. The summed E-state index contributed by atoms with van der Waals surface area (Å²) in [4.78, 5) is 20.2. The van der Waals surface area contributed by atoms with E-state index in [-0.39, 0.29) is 6.42 Å². The van der Waals surface area contributed by atoms with Gasteiger partial charge in [0.05, 0.1) is 11.3 Å². The van der Waals surface area contributed by atoms with E-state index in [1.165, 1.54) is 6.07 Å². The average molecular weight is 196 g/mol. The van der Waals surface area contributed by atoms with Crippen molar-refractivity contribution < 1.29 is 14.8 Å². The van der Waals surface area contributed by atoms with E-state index < -0.39 is 22.3 Å². The average Bonchev–Trinajstić information content (AvgIpc) is 2.07. The van der Waals surface area contributed by atoms with Gasteiger partial charge in [-0.3, -0.25) is 14.9 Å². The molecule has 0 aliphatic heterocycles. The highest BCUT2D eigenvalue weighted by Crippen LogP contribution is 2.26. The van der Waals surface area contributed by atoms with E-state index in [1.54, 1.807) is 0 Å². The van der Waals surface area contributed by atoms with Gasteiger partial charge in [0.15, 0.2) is 5.75 Å². The van der Waals surface area contributed by atoms with Crippen molar-refractivity contribution >= 4 is 11.6 Å². The molecule has 1 aromatic rings. The Morgan fingerprint density at radius 2 is 2.21 bits per heavy atom. The van der Waals surface area contributed by atoms with Gasteiger partial charge in [-0.25, -0.2) is 0 Å². The zero-order chi connectivity index (χ0) is 10.7. The summed E-state index contributed by atoms with van der Waals surface area (Å²) in [6.45, 7) is 0. The molecule has 6 heteroatoms. The Kier molecular flexibility index (Phi) is 2.66. The molecule has 3 N–H and O–H groups in total. The maximum atomic E-state index is 10.5. The zero-order valence-corrected chi connectivity index (χ0v) is 7.14. The minimum absolute atomic E-state index is 0.0822. The summed E-state index contributed by atoms with van der Waals surface area (Å²) < 4.78 is 0. The second-order valence-corrected chi connectivity index (χ2v) is 2.72. The first-order valence-corrected chi connectivity index (χ1v) is 3.75. The molecule has 0 saturated heterocycles. The maximum Gasteiger partial charge on any atom is 0.310 e. The third-order valence-corrected chi connectivity index (χ3v) is 1.61. The van der Waals surface area contributed by atoms with Gasteiger partial charge < -0.3 is 10.8 Å². The van der Waals surface area contributed by atoms with Crippen LogP contribution in [0.25, 0.3) is 0 Å². The molecule has 0 aliphatic rings. The number of nitro benzene ring substituents is 1. The number of hydrogen-bond acceptors (Lipinski definition) is 4. The molecule has 1 amide bonds. The highest BCUT2D eigenvalue weighted by molar-refractivity contribution is 5.77. The second-order valence-electron chi connectivity index (χ2n) is 2.72. The van der Waals surface area contributed by atoms with Gasteiger partial charge in [0, 0.05) is 6.07 Å². The predicted molar refractivity (Wildman–Crippen MR) is 47.7 cm³/mol. The van der Waals surface area contributed by atoms with Gasteiger partial charge in [0.1, 0.15) is 0 Å². The van der Waals surface area contributed by atoms with Crippen LogP contribution in [-0.2, 0) is 11.2 Å². The molecule has 0 unspecified atom stereocenters. The highest BCUT2D eigenvalue weighted by Gasteiger charge is 2.13. The van der Waals surface area contributed by atoms with Gasteiger partial charge in [-0.05, 0) is 11.6 Å². The van der Waals surface area contributed by atoms with Gasteiger partial charge >= 0.3 is 5.69 Å². The number of nitro groups is 1. The first-order valence-electron chi connectivity index (χ1n) is 3.75. The Bertz CT molecular complexity index is 389. The number of phenols is 1. The fourth-order valence-electron chi connectivity index (χ4n) is 1.03. The third-order valence-electron chi connectivity index (χ3n) is 1.61. The number of rotatable bonds is 3. The lowest BCUT2D eigenvalue weighted by molar-refractivity contribution is -0.385. The van der Waals surface area contributed by atoms with Crippen molar-refractivity contribution in [3.8, 4) is 5.75 Å². The number of carbonyl (C=O) groups excluding carboxylic acids is 1. The number of amides is 1. The number of hydrogen-bond donors (Lipinski definition) is 2. The molecule has 0 fully saturated rings. The van der Waals surface area contributed by atoms with Gasteiger partial charge in [0.25, 0.3) is 0 Å². The van der Waals surface area contributed by atoms with Gasteiger partial charge in [0.2, 0.25) is 5.91 Å². The van der Waals surface area contributed by atoms with E-state index in [4.69, 9.17) is 10.8 Å². The van der Waals surface area contributed by atoms with Crippen LogP contribution < -0.4 is 5.73 Å². The van der Waals surface area contributed by atoms with E-state index >= 15 is 0 Å². The summed E-state index contributed by atoms with van der Waals surface area (Å²) in [5.74, 6) is -1.01. The number of carbonyl (C=O) groups is 1.